The molecule has 0 spiro atoms. The first kappa shape index (κ1) is 13.7. The van der Waals surface area contributed by atoms with Gasteiger partial charge in [-0.25, -0.2) is 0 Å². The number of methoxy groups -OCH3 is 1. The third-order valence-electron chi connectivity index (χ3n) is 3.44. The lowest BCUT2D eigenvalue weighted by atomic mass is 10.1. The van der Waals surface area contributed by atoms with E-state index in [-0.39, 0.29) is 5.91 Å². The van der Waals surface area contributed by atoms with Gasteiger partial charge >= 0.3 is 0 Å². The summed E-state index contributed by atoms with van der Waals surface area (Å²) >= 11 is 0. The molecule has 0 aromatic heterocycles. The summed E-state index contributed by atoms with van der Waals surface area (Å²) in [7, 11) is 1.67. The number of aliphatic hydroxyl groups is 1. The maximum Gasteiger partial charge on any atom is 0.245 e. The zero-order chi connectivity index (χ0) is 13.7. The number of carbonyl (C=O) groups excluding carboxylic acids is 1. The van der Waals surface area contributed by atoms with Gasteiger partial charge in [-0.15, -0.1) is 0 Å². The second-order valence-electron chi connectivity index (χ2n) is 4.73. The van der Waals surface area contributed by atoms with Crippen molar-refractivity contribution >= 4 is 11.6 Å². The Labute approximate surface area is 113 Å². The Bertz CT molecular complexity index is 436. The van der Waals surface area contributed by atoms with Crippen LogP contribution in [0, 0.1) is 5.92 Å². The van der Waals surface area contributed by atoms with Gasteiger partial charge in [0.25, 0.3) is 0 Å². The van der Waals surface area contributed by atoms with E-state index in [1.807, 2.05) is 24.3 Å². The molecule has 1 aliphatic rings. The molecule has 1 aliphatic heterocycles. The van der Waals surface area contributed by atoms with Crippen LogP contribution in [-0.4, -0.2) is 44.4 Å². The lowest BCUT2D eigenvalue weighted by Crippen LogP contribution is -2.32. The van der Waals surface area contributed by atoms with Crippen LogP contribution in [0.15, 0.2) is 24.3 Å². The molecule has 2 rings (SSSR count). The van der Waals surface area contributed by atoms with E-state index in [0.29, 0.717) is 12.5 Å². The SMILES string of the molecule is COc1ccccc1N1CCC(CNC(=O)CO)C1. The summed E-state index contributed by atoms with van der Waals surface area (Å²) in [5.74, 6) is 0.985. The van der Waals surface area contributed by atoms with Gasteiger partial charge in [0.1, 0.15) is 12.4 Å². The number of nitrogens with one attached hydrogen (secondary N) is 1. The number of rotatable bonds is 5. The largest absolute Gasteiger partial charge is 0.495 e. The molecule has 2 N–H and O–H groups in total. The average Bonchev–Trinajstić information content (AvgIpc) is 2.93. The molecule has 19 heavy (non-hydrogen) atoms. The monoisotopic (exact) mass is 264 g/mol. The first-order chi connectivity index (χ1) is 9.24. The van der Waals surface area contributed by atoms with Crippen LogP contribution in [0.3, 0.4) is 0 Å². The second kappa shape index (κ2) is 6.43. The lowest BCUT2D eigenvalue weighted by Gasteiger charge is -2.21. The van der Waals surface area contributed by atoms with Crippen LogP contribution in [-0.2, 0) is 4.79 Å². The second-order valence-corrected chi connectivity index (χ2v) is 4.73. The van der Waals surface area contributed by atoms with Crippen molar-refractivity contribution < 1.29 is 14.6 Å². The van der Waals surface area contributed by atoms with Gasteiger partial charge in [0, 0.05) is 19.6 Å². The number of nitrogens with zero attached hydrogens (tertiary/aromatic N) is 1. The highest BCUT2D eigenvalue weighted by Crippen LogP contribution is 2.31. The molecule has 0 aliphatic carbocycles. The quantitative estimate of drug-likeness (QED) is 0.819. The zero-order valence-electron chi connectivity index (χ0n) is 11.1. The van der Waals surface area contributed by atoms with Crippen LogP contribution >= 0.6 is 0 Å². The molecule has 1 aromatic rings. The van der Waals surface area contributed by atoms with Gasteiger partial charge in [0.05, 0.1) is 12.8 Å². The predicted molar refractivity (Wildman–Crippen MR) is 73.4 cm³/mol. The minimum absolute atomic E-state index is 0.309. The Balaban J connectivity index is 1.92. The van der Waals surface area contributed by atoms with Crippen molar-refractivity contribution in [1.29, 1.82) is 0 Å². The Hall–Kier alpha value is -1.75. The van der Waals surface area contributed by atoms with Gasteiger partial charge in [-0.1, -0.05) is 12.1 Å². The predicted octanol–water partition coefficient (Wildman–Crippen LogP) is 0.630. The summed E-state index contributed by atoms with van der Waals surface area (Å²) in [6, 6.07) is 7.96. The summed E-state index contributed by atoms with van der Waals surface area (Å²) < 4.78 is 5.36. The molecule has 5 nitrogen and oxygen atoms in total. The Morgan fingerprint density at radius 3 is 3.05 bits per heavy atom. The Morgan fingerprint density at radius 2 is 2.32 bits per heavy atom. The van der Waals surface area contributed by atoms with Crippen LogP contribution in [0.5, 0.6) is 5.75 Å². The number of amides is 1. The maximum atomic E-state index is 11.0. The molecule has 1 atom stereocenters. The Kier molecular flexibility index (Phi) is 4.63. The van der Waals surface area contributed by atoms with Gasteiger partial charge < -0.3 is 20.1 Å². The fraction of sp³-hybridized carbons (Fsp3) is 0.500. The molecule has 0 saturated carbocycles. The molecule has 1 amide bonds. The standard InChI is InChI=1S/C14H20N2O3/c1-19-13-5-3-2-4-12(13)16-7-6-11(9-16)8-15-14(18)10-17/h2-5,11,17H,6-10H2,1H3,(H,15,18). The summed E-state index contributed by atoms with van der Waals surface area (Å²) in [5, 5.41) is 11.4. The molecule has 104 valence electrons. The first-order valence-electron chi connectivity index (χ1n) is 6.50. The molecule has 5 heteroatoms. The van der Waals surface area contributed by atoms with E-state index in [9.17, 15) is 4.79 Å². The van der Waals surface area contributed by atoms with Crippen LogP contribution < -0.4 is 15.0 Å². The number of carbonyl (C=O) groups is 1. The third-order valence-corrected chi connectivity index (χ3v) is 3.44. The molecule has 0 bridgehead atoms. The van der Waals surface area contributed by atoms with Crippen molar-refractivity contribution in [2.24, 2.45) is 5.92 Å². The highest BCUT2D eigenvalue weighted by Gasteiger charge is 2.24. The fourth-order valence-corrected chi connectivity index (χ4v) is 2.42. The third kappa shape index (κ3) is 3.38. The van der Waals surface area contributed by atoms with Crippen LogP contribution in [0.25, 0.3) is 0 Å². The molecule has 1 heterocycles. The Morgan fingerprint density at radius 1 is 1.53 bits per heavy atom. The van der Waals surface area contributed by atoms with E-state index in [2.05, 4.69) is 10.2 Å². The smallest absolute Gasteiger partial charge is 0.245 e. The number of hydrogen-bond donors (Lipinski definition) is 2. The van der Waals surface area contributed by atoms with E-state index in [1.165, 1.54) is 0 Å². The van der Waals surface area contributed by atoms with E-state index in [4.69, 9.17) is 9.84 Å². The number of aliphatic hydroxyl groups excluding tert-OH is 1. The van der Waals surface area contributed by atoms with Crippen molar-refractivity contribution in [3.05, 3.63) is 24.3 Å². The van der Waals surface area contributed by atoms with Crippen molar-refractivity contribution in [2.75, 3.05) is 38.3 Å². The number of hydrogen-bond acceptors (Lipinski definition) is 4. The first-order valence-corrected chi connectivity index (χ1v) is 6.50. The maximum absolute atomic E-state index is 11.0. The van der Waals surface area contributed by atoms with Gasteiger partial charge in [-0.3, -0.25) is 4.79 Å². The molecule has 1 saturated heterocycles. The minimum Gasteiger partial charge on any atom is -0.495 e. The molecular weight excluding hydrogens is 244 g/mol. The molecule has 1 unspecified atom stereocenters. The van der Waals surface area contributed by atoms with Gasteiger partial charge in [-0.2, -0.15) is 0 Å². The summed E-state index contributed by atoms with van der Waals surface area (Å²) in [6.45, 7) is 2.03. The van der Waals surface area contributed by atoms with Crippen molar-refractivity contribution in [3.8, 4) is 5.75 Å². The van der Waals surface area contributed by atoms with Gasteiger partial charge in [-0.05, 0) is 24.5 Å². The average molecular weight is 264 g/mol. The van der Waals surface area contributed by atoms with Crippen molar-refractivity contribution in [2.45, 2.75) is 6.42 Å². The minimum atomic E-state index is -0.442. The van der Waals surface area contributed by atoms with E-state index >= 15 is 0 Å². The van der Waals surface area contributed by atoms with Gasteiger partial charge in [0.15, 0.2) is 0 Å². The fourth-order valence-electron chi connectivity index (χ4n) is 2.42. The van der Waals surface area contributed by atoms with Crippen LogP contribution in [0.4, 0.5) is 5.69 Å². The summed E-state index contributed by atoms with van der Waals surface area (Å²) in [5.41, 5.74) is 1.10. The molecular formula is C14H20N2O3. The molecule has 1 aromatic carbocycles. The molecule has 0 radical (unpaired) electrons. The summed E-state index contributed by atoms with van der Waals surface area (Å²) in [6.07, 6.45) is 1.03. The normalized spacial score (nSPS) is 18.4. The van der Waals surface area contributed by atoms with Crippen molar-refractivity contribution in [1.82, 2.24) is 5.32 Å². The van der Waals surface area contributed by atoms with E-state index in [0.717, 1.165) is 30.9 Å². The van der Waals surface area contributed by atoms with E-state index in [1.54, 1.807) is 7.11 Å². The number of anilines is 1. The highest BCUT2D eigenvalue weighted by molar-refractivity contribution is 5.76. The number of ether oxygens (including phenoxy) is 1. The van der Waals surface area contributed by atoms with Crippen LogP contribution in [0.2, 0.25) is 0 Å². The van der Waals surface area contributed by atoms with E-state index < -0.39 is 6.61 Å². The topological polar surface area (TPSA) is 61.8 Å². The lowest BCUT2D eigenvalue weighted by molar-refractivity contribution is -0.123. The zero-order valence-corrected chi connectivity index (χ0v) is 11.1. The highest BCUT2D eigenvalue weighted by atomic mass is 16.5. The molecule has 1 fully saturated rings. The van der Waals surface area contributed by atoms with Gasteiger partial charge in [0.2, 0.25) is 5.91 Å². The van der Waals surface area contributed by atoms with Crippen molar-refractivity contribution in [3.63, 3.8) is 0 Å². The number of para-hydroxylation sites is 2. The van der Waals surface area contributed by atoms with Crippen LogP contribution in [0.1, 0.15) is 6.42 Å². The number of benzene rings is 1. The summed E-state index contributed by atoms with van der Waals surface area (Å²) in [4.78, 5) is 13.3.